The Labute approximate surface area is 161 Å². The summed E-state index contributed by atoms with van der Waals surface area (Å²) in [4.78, 5) is 0. The van der Waals surface area contributed by atoms with E-state index in [1.54, 1.807) is 0 Å². The van der Waals surface area contributed by atoms with Crippen molar-refractivity contribution in [1.82, 2.24) is 4.31 Å². The fourth-order valence-electron chi connectivity index (χ4n) is 2.22. The number of sulfonamides is 1. The van der Waals surface area contributed by atoms with Gasteiger partial charge in [-0.05, 0) is 13.8 Å². The van der Waals surface area contributed by atoms with Crippen molar-refractivity contribution in [1.29, 1.82) is 0 Å². The zero-order valence-electron chi connectivity index (χ0n) is 15.3. The molecule has 0 aromatic heterocycles. The van der Waals surface area contributed by atoms with Gasteiger partial charge in [0.05, 0.1) is 26.2 Å². The molecule has 29 heavy (non-hydrogen) atoms. The predicted molar refractivity (Wildman–Crippen MR) is 82.7 cm³/mol. The van der Waals surface area contributed by atoms with Crippen molar-refractivity contribution in [3.05, 3.63) is 5.21 Å². The van der Waals surface area contributed by atoms with Crippen LogP contribution in [0.2, 0.25) is 0 Å². The molecule has 0 amide bonds. The number of aliphatic hydroxyl groups is 1. The molecule has 16 heteroatoms. The van der Waals surface area contributed by atoms with Gasteiger partial charge in [-0.3, -0.25) is 0 Å². The van der Waals surface area contributed by atoms with Crippen LogP contribution in [0.25, 0.3) is 0 Å². The molecule has 0 saturated heterocycles. The van der Waals surface area contributed by atoms with Crippen molar-refractivity contribution in [2.24, 2.45) is 0 Å². The van der Waals surface area contributed by atoms with E-state index in [0.29, 0.717) is 0 Å². The van der Waals surface area contributed by atoms with Crippen molar-refractivity contribution in [2.75, 3.05) is 39.3 Å². The van der Waals surface area contributed by atoms with E-state index in [4.69, 9.17) is 5.11 Å². The largest absolute Gasteiger partial charge is 0.633 e. The Bertz CT molecular complexity index is 637. The maximum absolute atomic E-state index is 13.9. The smallest absolute Gasteiger partial charge is 0.460 e. The monoisotopic (exact) mass is 472 g/mol. The van der Waals surface area contributed by atoms with Crippen molar-refractivity contribution >= 4 is 10.0 Å². The van der Waals surface area contributed by atoms with Crippen LogP contribution in [0.3, 0.4) is 0 Å². The average molecular weight is 472 g/mol. The number of rotatable bonds is 12. The minimum atomic E-state index is -7.37. The number of hydrogen-bond donors (Lipinski definition) is 1. The Hall–Kier alpha value is -0.840. The highest BCUT2D eigenvalue weighted by atomic mass is 32.2. The number of aliphatic hydroxyl groups excluding tert-OH is 1. The maximum Gasteiger partial charge on any atom is 0.460 e. The van der Waals surface area contributed by atoms with Gasteiger partial charge in [0.1, 0.15) is 0 Å². The Kier molecular flexibility index (Phi) is 8.85. The first kappa shape index (κ1) is 28.2. The topological polar surface area (TPSA) is 80.7 Å². The third kappa shape index (κ3) is 5.26. The van der Waals surface area contributed by atoms with Crippen molar-refractivity contribution in [3.8, 4) is 0 Å². The van der Waals surface area contributed by atoms with E-state index >= 15 is 0 Å². The lowest BCUT2D eigenvalue weighted by molar-refractivity contribution is -0.877. The first-order valence-electron chi connectivity index (χ1n) is 8.17. The van der Waals surface area contributed by atoms with E-state index < -0.39 is 68.4 Å². The van der Waals surface area contributed by atoms with E-state index in [1.807, 2.05) is 0 Å². The molecule has 0 rings (SSSR count). The van der Waals surface area contributed by atoms with Crippen LogP contribution in [0.4, 0.5) is 39.5 Å². The summed E-state index contributed by atoms with van der Waals surface area (Å²) in [6.45, 7) is -1.12. The summed E-state index contributed by atoms with van der Waals surface area (Å²) in [5.41, 5.74) is 0. The highest BCUT2D eigenvalue weighted by Gasteiger charge is 2.85. The fourth-order valence-corrected chi connectivity index (χ4v) is 3.69. The van der Waals surface area contributed by atoms with Crippen molar-refractivity contribution < 1.29 is 57.7 Å². The third-order valence-corrected chi connectivity index (χ3v) is 6.20. The fraction of sp³-hybridized carbons (Fsp3) is 1.00. The van der Waals surface area contributed by atoms with Crippen LogP contribution in [0.15, 0.2) is 0 Å². The highest BCUT2D eigenvalue weighted by Crippen LogP contribution is 2.55. The van der Waals surface area contributed by atoms with E-state index in [0.717, 1.165) is 0 Å². The van der Waals surface area contributed by atoms with Gasteiger partial charge < -0.3 is 15.0 Å². The molecule has 0 aromatic carbocycles. The molecule has 0 aliphatic heterocycles. The summed E-state index contributed by atoms with van der Waals surface area (Å²) < 4.78 is 139. The molecule has 176 valence electrons. The first-order chi connectivity index (χ1) is 12.8. The summed E-state index contributed by atoms with van der Waals surface area (Å²) in [7, 11) is -6.79. The normalized spacial score (nSPS) is 15.2. The molecule has 0 aromatic rings. The van der Waals surface area contributed by atoms with Gasteiger partial charge in [-0.15, -0.1) is 0 Å². The second-order valence-corrected chi connectivity index (χ2v) is 8.04. The van der Waals surface area contributed by atoms with Crippen LogP contribution in [0.1, 0.15) is 20.3 Å². The zero-order chi connectivity index (χ0) is 23.5. The summed E-state index contributed by atoms with van der Waals surface area (Å²) in [5.74, 6) is -14.7. The van der Waals surface area contributed by atoms with Crippen LogP contribution in [-0.2, 0) is 10.0 Å². The summed E-state index contributed by atoms with van der Waals surface area (Å²) in [6.07, 6.45) is -7.68. The number of nitrogens with zero attached hydrogens (tertiary/aromatic N) is 2. The molecule has 0 radical (unpaired) electrons. The van der Waals surface area contributed by atoms with Crippen LogP contribution < -0.4 is 0 Å². The molecule has 0 fully saturated rings. The lowest BCUT2D eigenvalue weighted by Gasteiger charge is -2.41. The lowest BCUT2D eigenvalue weighted by Crippen LogP contribution is -2.65. The maximum atomic E-state index is 13.9. The van der Waals surface area contributed by atoms with Gasteiger partial charge in [0.15, 0.2) is 0 Å². The van der Waals surface area contributed by atoms with Crippen LogP contribution in [-0.4, -0.2) is 85.1 Å². The first-order valence-corrected chi connectivity index (χ1v) is 9.61. The highest BCUT2D eigenvalue weighted by molar-refractivity contribution is 7.90. The molecule has 0 bridgehead atoms. The lowest BCUT2D eigenvalue weighted by atomic mass is 10.1. The SMILES string of the molecule is CC[N+]([O-])(CC)CCCN(CCO)S(=O)(=O)C(F)(F)C(F)(F)C(F)(F)C(F)(F)F. The molecule has 6 nitrogen and oxygen atoms in total. The van der Waals surface area contributed by atoms with Gasteiger partial charge in [-0.1, -0.05) is 0 Å². The molecule has 0 unspecified atom stereocenters. The summed E-state index contributed by atoms with van der Waals surface area (Å²) in [5, 5.41) is 14.0. The number of alkyl halides is 9. The van der Waals surface area contributed by atoms with Crippen molar-refractivity contribution in [3.63, 3.8) is 0 Å². The average Bonchev–Trinajstić information content (AvgIpc) is 2.59. The molecule has 0 saturated carbocycles. The number of hydrogen-bond acceptors (Lipinski definition) is 4. The Morgan fingerprint density at radius 3 is 1.69 bits per heavy atom. The Morgan fingerprint density at radius 1 is 0.897 bits per heavy atom. The van der Waals surface area contributed by atoms with Gasteiger partial charge in [-0.2, -0.15) is 43.8 Å². The molecule has 0 spiro atoms. The summed E-state index contributed by atoms with van der Waals surface area (Å²) in [6, 6.07) is 0. The molecular weight excluding hydrogens is 451 g/mol. The van der Waals surface area contributed by atoms with E-state index in [-0.39, 0.29) is 19.6 Å². The number of quaternary nitrogens is 1. The number of halogens is 9. The van der Waals surface area contributed by atoms with Gasteiger partial charge >= 0.3 is 23.3 Å². The quantitative estimate of drug-likeness (QED) is 0.269. The Balaban J connectivity index is 5.91. The second kappa shape index (κ2) is 9.11. The number of hydroxylamine groups is 3. The minimum Gasteiger partial charge on any atom is -0.633 e. The van der Waals surface area contributed by atoms with Crippen LogP contribution in [0.5, 0.6) is 0 Å². The van der Waals surface area contributed by atoms with Crippen LogP contribution in [0, 0.1) is 5.21 Å². The minimum absolute atomic E-state index is 0.0186. The van der Waals surface area contributed by atoms with E-state index in [9.17, 15) is 53.1 Å². The zero-order valence-corrected chi connectivity index (χ0v) is 16.1. The Morgan fingerprint density at radius 2 is 1.34 bits per heavy atom. The van der Waals surface area contributed by atoms with Gasteiger partial charge in [-0.25, -0.2) is 8.42 Å². The van der Waals surface area contributed by atoms with Gasteiger partial charge in [0.2, 0.25) is 0 Å². The van der Waals surface area contributed by atoms with Crippen LogP contribution >= 0.6 is 0 Å². The molecule has 0 atom stereocenters. The second-order valence-electron chi connectivity index (χ2n) is 6.06. The molecule has 0 aliphatic carbocycles. The van der Waals surface area contributed by atoms with Crippen molar-refractivity contribution in [2.45, 2.75) is 43.5 Å². The standard InChI is InChI=1S/C13H21F9N2O4S/c1-3-24(26,4-2)8-5-6-23(7-9-25)29(27,28)13(21,22)11(16,17)10(14,15)12(18,19)20/h25H,3-9H2,1-2H3. The van der Waals surface area contributed by atoms with E-state index in [2.05, 4.69) is 0 Å². The molecular formula is C13H21F9N2O4S. The summed E-state index contributed by atoms with van der Waals surface area (Å²) >= 11 is 0. The van der Waals surface area contributed by atoms with Gasteiger partial charge in [0.25, 0.3) is 10.0 Å². The predicted octanol–water partition coefficient (Wildman–Crippen LogP) is 2.78. The molecule has 1 N–H and O–H groups in total. The molecule has 0 aliphatic rings. The molecule has 0 heterocycles. The van der Waals surface area contributed by atoms with E-state index in [1.165, 1.54) is 13.8 Å². The third-order valence-electron chi connectivity index (χ3n) is 4.25. The van der Waals surface area contributed by atoms with Gasteiger partial charge in [0, 0.05) is 19.5 Å².